The van der Waals surface area contributed by atoms with Crippen LogP contribution in [-0.4, -0.2) is 80.6 Å². The highest BCUT2D eigenvalue weighted by Crippen LogP contribution is 2.57. The van der Waals surface area contributed by atoms with Gasteiger partial charge in [-0.3, -0.25) is 24.1 Å². The Kier molecular flexibility index (Phi) is 6.48. The van der Waals surface area contributed by atoms with E-state index in [0.29, 0.717) is 11.1 Å². The summed E-state index contributed by atoms with van der Waals surface area (Å²) in [4.78, 5) is 53.6. The van der Waals surface area contributed by atoms with Crippen molar-refractivity contribution in [1.82, 2.24) is 4.90 Å². The fourth-order valence-electron chi connectivity index (χ4n) is 6.53. The van der Waals surface area contributed by atoms with Crippen LogP contribution in [-0.2, 0) is 24.5 Å². The zero-order valence-corrected chi connectivity index (χ0v) is 22.9. The summed E-state index contributed by atoms with van der Waals surface area (Å²) in [5, 5.41) is 45.8. The van der Waals surface area contributed by atoms with Crippen molar-refractivity contribution in [3.63, 3.8) is 0 Å². The quantitative estimate of drug-likeness (QED) is 0.277. The number of phenols is 1. The summed E-state index contributed by atoms with van der Waals surface area (Å²) in [7, 11) is 2.99. The predicted molar refractivity (Wildman–Crippen MR) is 138 cm³/mol. The first-order chi connectivity index (χ1) is 17.9. The van der Waals surface area contributed by atoms with Gasteiger partial charge in [0.05, 0.1) is 17.5 Å². The number of aromatic hydroxyl groups is 1. The second-order valence-corrected chi connectivity index (χ2v) is 11.8. The molecule has 11 nitrogen and oxygen atoms in total. The number of esters is 1. The monoisotopic (exact) mass is 542 g/mol. The number of aliphatic hydroxyl groups excluding tert-OH is 2. The average Bonchev–Trinajstić information content (AvgIpc) is 2.79. The Labute approximate surface area is 225 Å². The topological polar surface area (TPSA) is 188 Å². The lowest BCUT2D eigenvalue weighted by molar-refractivity contribution is -0.179. The second kappa shape index (κ2) is 8.92. The third-order valence-electron chi connectivity index (χ3n) is 8.21. The minimum atomic E-state index is -2.96. The Morgan fingerprint density at radius 1 is 1.10 bits per heavy atom. The lowest BCUT2D eigenvalue weighted by Gasteiger charge is -2.54. The average molecular weight is 543 g/mol. The zero-order valence-electron chi connectivity index (χ0n) is 22.9. The number of benzene rings is 1. The van der Waals surface area contributed by atoms with Crippen molar-refractivity contribution in [2.45, 2.75) is 63.7 Å². The number of ketones is 2. The molecule has 39 heavy (non-hydrogen) atoms. The molecule has 0 unspecified atom stereocenters. The SMILES string of the molecule is CC(=O)O[C@H]1[C@H]2C(=C(O)[C@]3(O)C(=O)C(C(N)=O)=C(O)[C@@H](N(C)C)[C@H]13)C(=O)c1c(ccc(C(C)(C)C)c1O)[C@@H]2C. The van der Waals surface area contributed by atoms with Crippen LogP contribution in [0.3, 0.4) is 0 Å². The number of phenolic OH excluding ortho intramolecular Hbond substituents is 1. The molecule has 1 aromatic rings. The molecule has 0 aromatic heterocycles. The number of nitrogens with two attached hydrogens (primary N) is 1. The molecule has 11 heteroatoms. The van der Waals surface area contributed by atoms with E-state index in [1.807, 2.05) is 20.8 Å². The maximum absolute atomic E-state index is 14.1. The molecule has 0 spiro atoms. The number of hydrogen-bond donors (Lipinski definition) is 5. The second-order valence-electron chi connectivity index (χ2n) is 11.8. The van der Waals surface area contributed by atoms with Gasteiger partial charge in [-0.15, -0.1) is 0 Å². The highest BCUT2D eigenvalue weighted by atomic mass is 16.5. The van der Waals surface area contributed by atoms with Crippen molar-refractivity contribution in [2.75, 3.05) is 14.1 Å². The van der Waals surface area contributed by atoms with Crippen LogP contribution >= 0.6 is 0 Å². The van der Waals surface area contributed by atoms with Crippen molar-refractivity contribution in [3.8, 4) is 5.75 Å². The van der Waals surface area contributed by atoms with Crippen molar-refractivity contribution < 1.29 is 44.3 Å². The molecule has 3 aliphatic carbocycles. The number of fused-ring (bicyclic) bond motifs is 3. The molecular weight excluding hydrogens is 508 g/mol. The van der Waals surface area contributed by atoms with Gasteiger partial charge in [-0.25, -0.2) is 0 Å². The minimum Gasteiger partial charge on any atom is -0.510 e. The van der Waals surface area contributed by atoms with Crippen LogP contribution in [0.15, 0.2) is 34.8 Å². The van der Waals surface area contributed by atoms with Crippen molar-refractivity contribution in [2.24, 2.45) is 17.6 Å². The Morgan fingerprint density at radius 3 is 2.18 bits per heavy atom. The van der Waals surface area contributed by atoms with Gasteiger partial charge in [0.1, 0.15) is 28.9 Å². The molecule has 1 amide bonds. The lowest BCUT2D eigenvalue weighted by atomic mass is 9.55. The maximum atomic E-state index is 14.1. The molecule has 210 valence electrons. The van der Waals surface area contributed by atoms with E-state index in [-0.39, 0.29) is 11.3 Å². The van der Waals surface area contributed by atoms with Crippen molar-refractivity contribution >= 4 is 23.4 Å². The highest BCUT2D eigenvalue weighted by Gasteiger charge is 2.68. The molecule has 4 rings (SSSR count). The van der Waals surface area contributed by atoms with Gasteiger partial charge in [-0.2, -0.15) is 0 Å². The third-order valence-corrected chi connectivity index (χ3v) is 8.21. The van der Waals surface area contributed by atoms with Gasteiger partial charge in [0.25, 0.3) is 5.91 Å². The van der Waals surface area contributed by atoms with Crippen LogP contribution in [0.1, 0.15) is 62.0 Å². The van der Waals surface area contributed by atoms with Gasteiger partial charge in [0, 0.05) is 24.0 Å². The summed E-state index contributed by atoms with van der Waals surface area (Å²) in [6.45, 7) is 8.37. The number of hydrogen-bond acceptors (Lipinski definition) is 10. The van der Waals surface area contributed by atoms with Gasteiger partial charge in [0.2, 0.25) is 5.78 Å². The first-order valence-electron chi connectivity index (χ1n) is 12.6. The van der Waals surface area contributed by atoms with Crippen LogP contribution in [0, 0.1) is 11.8 Å². The molecule has 1 aromatic carbocycles. The summed E-state index contributed by atoms with van der Waals surface area (Å²) >= 11 is 0. The molecule has 0 radical (unpaired) electrons. The van der Waals surface area contributed by atoms with Gasteiger partial charge < -0.3 is 30.9 Å². The van der Waals surface area contributed by atoms with Gasteiger partial charge in [0.15, 0.2) is 11.4 Å². The molecule has 0 fully saturated rings. The normalized spacial score (nSPS) is 30.6. The molecule has 6 N–H and O–H groups in total. The third kappa shape index (κ3) is 3.78. The highest BCUT2D eigenvalue weighted by molar-refractivity contribution is 6.25. The number of carbonyl (C=O) groups is 4. The standard InChI is InChI=1S/C28H34N2O9/c1-10-12-8-9-13(27(3,4)5)20(32)15(12)21(33)16-14(10)23(39-11(2)31)18-19(30(6)7)22(34)17(26(29)37)25(36)28(18,38)24(16)35/h8-10,14,18-19,23,32,34-35,38H,1-7H3,(H2,29,37)/t10-,14+,18+,19-,23-,28-/m0/s1. The summed E-state index contributed by atoms with van der Waals surface area (Å²) in [5.41, 5.74) is 1.31. The summed E-state index contributed by atoms with van der Waals surface area (Å²) in [5.74, 6) is -9.76. The van der Waals surface area contributed by atoms with E-state index < -0.39 is 87.0 Å². The van der Waals surface area contributed by atoms with Crippen molar-refractivity contribution in [1.29, 1.82) is 0 Å². The van der Waals surface area contributed by atoms with Crippen LogP contribution < -0.4 is 5.73 Å². The number of primary amides is 1. The van der Waals surface area contributed by atoms with Gasteiger partial charge in [-0.05, 0) is 31.0 Å². The van der Waals surface area contributed by atoms with E-state index in [1.165, 1.54) is 19.0 Å². The molecular formula is C28H34N2O9. The Hall–Kier alpha value is -3.70. The summed E-state index contributed by atoms with van der Waals surface area (Å²) in [6.07, 6.45) is -1.41. The summed E-state index contributed by atoms with van der Waals surface area (Å²) in [6, 6.07) is 2.08. The molecule has 6 atom stereocenters. The number of ether oxygens (including phenoxy) is 1. The number of amides is 1. The van der Waals surface area contributed by atoms with Gasteiger partial charge in [-0.1, -0.05) is 39.8 Å². The van der Waals surface area contributed by atoms with Crippen molar-refractivity contribution in [3.05, 3.63) is 51.5 Å². The van der Waals surface area contributed by atoms with Crippen LogP contribution in [0.25, 0.3) is 0 Å². The molecule has 3 aliphatic rings. The Balaban J connectivity index is 2.11. The van der Waals surface area contributed by atoms with Gasteiger partial charge >= 0.3 is 5.97 Å². The van der Waals surface area contributed by atoms with Crippen LogP contribution in [0.5, 0.6) is 5.75 Å². The fraction of sp³-hybridized carbons (Fsp3) is 0.500. The molecule has 0 aliphatic heterocycles. The minimum absolute atomic E-state index is 0.0997. The number of aliphatic hydroxyl groups is 3. The number of Topliss-reactive ketones (excluding diaryl/α,β-unsaturated/α-hetero) is 2. The largest absolute Gasteiger partial charge is 0.510 e. The van der Waals surface area contributed by atoms with E-state index in [2.05, 4.69) is 0 Å². The predicted octanol–water partition coefficient (Wildman–Crippen LogP) is 1.52. The van der Waals surface area contributed by atoms with E-state index in [9.17, 15) is 39.6 Å². The summed E-state index contributed by atoms with van der Waals surface area (Å²) < 4.78 is 5.67. The first-order valence-corrected chi connectivity index (χ1v) is 12.6. The number of nitrogens with zero attached hydrogens (tertiary/aromatic N) is 1. The molecule has 0 bridgehead atoms. The maximum Gasteiger partial charge on any atom is 0.302 e. The smallest absolute Gasteiger partial charge is 0.302 e. The van der Waals surface area contributed by atoms with Crippen LogP contribution in [0.2, 0.25) is 0 Å². The molecule has 0 heterocycles. The van der Waals surface area contributed by atoms with E-state index in [1.54, 1.807) is 19.1 Å². The Morgan fingerprint density at radius 2 is 1.69 bits per heavy atom. The molecule has 0 saturated heterocycles. The number of carbonyl (C=O) groups excluding carboxylic acids is 4. The zero-order chi connectivity index (χ0) is 29.5. The van der Waals surface area contributed by atoms with Crippen LogP contribution in [0.4, 0.5) is 0 Å². The van der Waals surface area contributed by atoms with E-state index >= 15 is 0 Å². The lowest BCUT2D eigenvalue weighted by Crippen LogP contribution is -2.69. The van der Waals surface area contributed by atoms with E-state index in [4.69, 9.17) is 10.5 Å². The fourth-order valence-corrected chi connectivity index (χ4v) is 6.53. The number of likely N-dealkylation sites (N-methyl/N-ethyl adjacent to an activating group) is 1. The molecule has 0 saturated carbocycles. The number of rotatable bonds is 3. The Bertz CT molecular complexity index is 1380. The first kappa shape index (κ1) is 28.3. The van der Waals surface area contributed by atoms with E-state index in [0.717, 1.165) is 6.92 Å².